The molecule has 0 aliphatic heterocycles. The standard InChI is InChI=1S/2C27H30N4O7S/c2*1-17(26(32)18-10-6-7-12-20(18)35-2)39(33,34)16-23-29-30-27(19-11-8-15-24(28-19)38-5)31(23)25-21(36-3)13-9-14-22(25)37-4/h2*6-15,17,26,32H,16H2,1-5H3/t2*17-,26+/m10/s1. The van der Waals surface area contributed by atoms with Crippen LogP contribution >= 0.6 is 0 Å². The van der Waals surface area contributed by atoms with E-state index in [2.05, 4.69) is 30.4 Å². The summed E-state index contributed by atoms with van der Waals surface area (Å²) < 4.78 is 101. The average molecular weight is 1110 g/mol. The highest BCUT2D eigenvalue weighted by Crippen LogP contribution is 2.40. The minimum atomic E-state index is -3.99. The Balaban J connectivity index is 0.000000226. The Bertz CT molecular complexity index is 3300. The van der Waals surface area contributed by atoms with Gasteiger partial charge < -0.3 is 48.1 Å². The first-order chi connectivity index (χ1) is 37.5. The average Bonchev–Trinajstić information content (AvgIpc) is 4.09. The number of methoxy groups -OCH3 is 8. The van der Waals surface area contributed by atoms with Gasteiger partial charge in [0.15, 0.2) is 43.0 Å². The van der Waals surface area contributed by atoms with E-state index in [9.17, 15) is 27.0 Å². The number of nitrogens with zero attached hydrogens (tertiary/aromatic N) is 8. The lowest BCUT2D eigenvalue weighted by Gasteiger charge is -2.22. The number of aliphatic hydroxyl groups excluding tert-OH is 2. The zero-order valence-corrected chi connectivity index (χ0v) is 46.1. The van der Waals surface area contributed by atoms with E-state index in [-0.39, 0.29) is 23.3 Å². The summed E-state index contributed by atoms with van der Waals surface area (Å²) in [4.78, 5) is 8.92. The van der Waals surface area contributed by atoms with Crippen LogP contribution in [0.2, 0.25) is 0 Å². The third-order valence-corrected chi connectivity index (χ3v) is 16.7. The second kappa shape index (κ2) is 25.2. The smallest absolute Gasteiger partial charge is 0.213 e. The van der Waals surface area contributed by atoms with Crippen LogP contribution < -0.4 is 37.9 Å². The van der Waals surface area contributed by atoms with Gasteiger partial charge in [0.25, 0.3) is 0 Å². The fourth-order valence-corrected chi connectivity index (χ4v) is 11.1. The molecule has 0 aliphatic rings. The number of pyridine rings is 2. The first kappa shape index (κ1) is 57.4. The van der Waals surface area contributed by atoms with Gasteiger partial charge in [0.1, 0.15) is 68.8 Å². The summed E-state index contributed by atoms with van der Waals surface area (Å²) in [5.74, 6) is 2.65. The van der Waals surface area contributed by atoms with Gasteiger partial charge in [-0.3, -0.25) is 9.13 Å². The quantitative estimate of drug-likeness (QED) is 0.0706. The van der Waals surface area contributed by atoms with E-state index in [0.29, 0.717) is 80.1 Å². The van der Waals surface area contributed by atoms with Crippen molar-refractivity contribution in [3.05, 3.63) is 144 Å². The highest BCUT2D eigenvalue weighted by molar-refractivity contribution is 7.91. The maximum Gasteiger partial charge on any atom is 0.213 e. The van der Waals surface area contributed by atoms with Crippen LogP contribution in [0.3, 0.4) is 0 Å². The van der Waals surface area contributed by atoms with E-state index in [1.807, 2.05) is 0 Å². The molecule has 0 spiro atoms. The van der Waals surface area contributed by atoms with Crippen LogP contribution in [0.25, 0.3) is 34.4 Å². The number of aliphatic hydroxyl groups is 2. The van der Waals surface area contributed by atoms with Gasteiger partial charge in [-0.05, 0) is 62.4 Å². The predicted octanol–water partition coefficient (Wildman–Crippen LogP) is 6.80. The Morgan fingerprint density at radius 3 is 1.04 bits per heavy atom. The van der Waals surface area contributed by atoms with Gasteiger partial charge >= 0.3 is 0 Å². The monoisotopic (exact) mass is 1110 g/mol. The molecule has 4 aromatic heterocycles. The molecule has 4 heterocycles. The van der Waals surface area contributed by atoms with Gasteiger partial charge in [0.05, 0.1) is 79.6 Å². The molecule has 0 fully saturated rings. The number of hydrogen-bond donors (Lipinski definition) is 2. The van der Waals surface area contributed by atoms with Gasteiger partial charge in [-0.15, -0.1) is 20.4 Å². The molecule has 24 heteroatoms. The zero-order chi connectivity index (χ0) is 56.3. The van der Waals surface area contributed by atoms with E-state index < -0.39 is 53.9 Å². The fourth-order valence-electron chi connectivity index (χ4n) is 8.37. The Kier molecular flexibility index (Phi) is 18.6. The van der Waals surface area contributed by atoms with E-state index in [4.69, 9.17) is 37.9 Å². The van der Waals surface area contributed by atoms with Crippen LogP contribution in [0.1, 0.15) is 48.8 Å². The van der Waals surface area contributed by atoms with E-state index in [1.54, 1.807) is 130 Å². The van der Waals surface area contributed by atoms with Crippen molar-refractivity contribution >= 4 is 19.7 Å². The van der Waals surface area contributed by atoms with Crippen molar-refractivity contribution in [3.8, 4) is 80.7 Å². The van der Waals surface area contributed by atoms with Crippen LogP contribution in [0.15, 0.2) is 121 Å². The maximum atomic E-state index is 13.7. The summed E-state index contributed by atoms with van der Waals surface area (Å²) in [7, 11) is 3.90. The molecule has 22 nitrogen and oxygen atoms in total. The molecular formula is C54H60N8O14S2. The van der Waals surface area contributed by atoms with Gasteiger partial charge in [0.2, 0.25) is 11.8 Å². The van der Waals surface area contributed by atoms with Crippen molar-refractivity contribution < 1.29 is 64.9 Å². The second-order valence-electron chi connectivity index (χ2n) is 17.1. The molecule has 4 aromatic carbocycles. The Hall–Kier alpha value is -8.32. The number of hydrogen-bond acceptors (Lipinski definition) is 20. The number of rotatable bonds is 22. The molecule has 412 valence electrons. The van der Waals surface area contributed by atoms with Crippen molar-refractivity contribution in [2.45, 2.75) is 48.1 Å². The molecule has 0 radical (unpaired) electrons. The molecule has 8 aromatic rings. The highest BCUT2D eigenvalue weighted by atomic mass is 32.2. The first-order valence-corrected chi connectivity index (χ1v) is 27.3. The predicted molar refractivity (Wildman–Crippen MR) is 289 cm³/mol. The lowest BCUT2D eigenvalue weighted by atomic mass is 10.1. The summed E-state index contributed by atoms with van der Waals surface area (Å²) in [6, 6.07) is 34.1. The lowest BCUT2D eigenvalue weighted by Crippen LogP contribution is -2.28. The normalized spacial score (nSPS) is 13.0. The number of aromatic nitrogens is 8. The van der Waals surface area contributed by atoms with Gasteiger partial charge in [-0.25, -0.2) is 26.8 Å². The third-order valence-electron chi connectivity index (χ3n) is 12.6. The fraction of sp³-hybridized carbons (Fsp3) is 0.296. The Labute approximate surface area is 452 Å². The molecule has 2 N–H and O–H groups in total. The van der Waals surface area contributed by atoms with E-state index in [0.717, 1.165) is 0 Å². The molecule has 0 saturated heterocycles. The Morgan fingerprint density at radius 2 is 0.718 bits per heavy atom. The van der Waals surface area contributed by atoms with E-state index in [1.165, 1.54) is 70.7 Å². The minimum absolute atomic E-state index is 0.0801. The summed E-state index contributed by atoms with van der Waals surface area (Å²) in [5.41, 5.74) is 2.31. The SMILES string of the molecule is COc1cccc(-c2nnc(CS(=O)(=O)[C@@H](C)[C@@H](O)c3ccccc3OC)n2-c2c(OC)cccc2OC)n1.COc1cccc(-c2nnc(CS(=O)(=O)[C@H](C)[C@H](O)c3ccccc3OC)n2-c2c(OC)cccc2OC)n1. The molecule has 0 aliphatic carbocycles. The molecule has 78 heavy (non-hydrogen) atoms. The Morgan fingerprint density at radius 1 is 0.410 bits per heavy atom. The number of benzene rings is 4. The number of para-hydroxylation sites is 4. The van der Waals surface area contributed by atoms with Crippen molar-refractivity contribution in [3.63, 3.8) is 0 Å². The molecule has 0 unspecified atom stereocenters. The molecule has 0 saturated carbocycles. The molecule has 0 amide bonds. The summed E-state index contributed by atoms with van der Waals surface area (Å²) in [5, 5.41) is 36.8. The van der Waals surface area contributed by atoms with Crippen molar-refractivity contribution in [1.82, 2.24) is 39.5 Å². The highest BCUT2D eigenvalue weighted by Gasteiger charge is 2.36. The van der Waals surface area contributed by atoms with Crippen LogP contribution in [0, 0.1) is 0 Å². The van der Waals surface area contributed by atoms with Crippen LogP contribution in [0.4, 0.5) is 0 Å². The first-order valence-electron chi connectivity index (χ1n) is 23.9. The summed E-state index contributed by atoms with van der Waals surface area (Å²) in [6.45, 7) is 2.89. The topological polar surface area (TPSA) is 270 Å². The minimum Gasteiger partial charge on any atom is -0.496 e. The van der Waals surface area contributed by atoms with Crippen molar-refractivity contribution in [2.75, 3.05) is 56.9 Å². The third kappa shape index (κ3) is 12.1. The molecule has 4 atom stereocenters. The lowest BCUT2D eigenvalue weighted by molar-refractivity contribution is 0.171. The molecule has 8 rings (SSSR count). The molecule has 0 bridgehead atoms. The van der Waals surface area contributed by atoms with Crippen LogP contribution in [0.5, 0.6) is 46.3 Å². The van der Waals surface area contributed by atoms with Crippen molar-refractivity contribution in [1.29, 1.82) is 0 Å². The van der Waals surface area contributed by atoms with E-state index >= 15 is 0 Å². The summed E-state index contributed by atoms with van der Waals surface area (Å²) in [6.07, 6.45) is -2.69. The second-order valence-corrected chi connectivity index (χ2v) is 21.8. The number of ether oxygens (including phenoxy) is 8. The van der Waals surface area contributed by atoms with Crippen LogP contribution in [-0.2, 0) is 31.2 Å². The van der Waals surface area contributed by atoms with Crippen molar-refractivity contribution in [2.24, 2.45) is 0 Å². The molecular weight excluding hydrogens is 1050 g/mol. The van der Waals surface area contributed by atoms with Gasteiger partial charge in [-0.2, -0.15) is 0 Å². The van der Waals surface area contributed by atoms with Crippen LogP contribution in [-0.4, -0.2) is 134 Å². The van der Waals surface area contributed by atoms with Gasteiger partial charge in [0, 0.05) is 23.3 Å². The maximum absolute atomic E-state index is 13.7. The van der Waals surface area contributed by atoms with Gasteiger partial charge in [-0.1, -0.05) is 60.7 Å². The number of sulfone groups is 2. The zero-order valence-electron chi connectivity index (χ0n) is 44.5. The largest absolute Gasteiger partial charge is 0.496 e. The summed E-state index contributed by atoms with van der Waals surface area (Å²) >= 11 is 0.